The quantitative estimate of drug-likeness (QED) is 0.893. The second-order valence-electron chi connectivity index (χ2n) is 4.74. The van der Waals surface area contributed by atoms with Gasteiger partial charge in [0.15, 0.2) is 0 Å². The summed E-state index contributed by atoms with van der Waals surface area (Å²) in [6.45, 7) is 0.286. The van der Waals surface area contributed by atoms with Crippen molar-refractivity contribution in [2.45, 2.75) is 31.3 Å². The van der Waals surface area contributed by atoms with Crippen LogP contribution in [0.2, 0.25) is 5.02 Å². The van der Waals surface area contributed by atoms with E-state index in [4.69, 9.17) is 11.6 Å². The first-order valence-corrected chi connectivity index (χ1v) is 7.13. The maximum absolute atomic E-state index is 12.0. The van der Waals surface area contributed by atoms with E-state index in [0.717, 1.165) is 30.2 Å². The van der Waals surface area contributed by atoms with Crippen LogP contribution < -0.4 is 5.32 Å². The van der Waals surface area contributed by atoms with Crippen LogP contribution in [0, 0.1) is 0 Å². The molecule has 0 aliphatic heterocycles. The van der Waals surface area contributed by atoms with Gasteiger partial charge in [-0.1, -0.05) is 40.4 Å². The standard InChI is InChI=1S/C13H15BrClNO2/c14-9-3-4-11(15)10(7-9)12(17)16-8-13(18)5-1-2-6-13/h3-4,7,18H,1-2,5-6,8H2,(H,16,17). The lowest BCUT2D eigenvalue weighted by molar-refractivity contribution is 0.0449. The second-order valence-corrected chi connectivity index (χ2v) is 6.06. The van der Waals surface area contributed by atoms with Crippen molar-refractivity contribution in [3.05, 3.63) is 33.3 Å². The molecule has 0 spiro atoms. The van der Waals surface area contributed by atoms with Crippen molar-refractivity contribution in [1.29, 1.82) is 0 Å². The molecular formula is C13H15BrClNO2. The number of hydrogen-bond donors (Lipinski definition) is 2. The lowest BCUT2D eigenvalue weighted by Crippen LogP contribution is -2.40. The summed E-state index contributed by atoms with van der Waals surface area (Å²) < 4.78 is 0.802. The molecule has 0 aromatic heterocycles. The summed E-state index contributed by atoms with van der Waals surface area (Å²) in [6, 6.07) is 5.13. The molecule has 1 aliphatic rings. The Morgan fingerprint density at radius 1 is 1.44 bits per heavy atom. The van der Waals surface area contributed by atoms with E-state index in [9.17, 15) is 9.90 Å². The summed E-state index contributed by atoms with van der Waals surface area (Å²) >= 11 is 9.28. The van der Waals surface area contributed by atoms with Gasteiger partial charge in [0.05, 0.1) is 16.2 Å². The first-order valence-electron chi connectivity index (χ1n) is 5.96. The van der Waals surface area contributed by atoms with Gasteiger partial charge in [0.25, 0.3) is 5.91 Å². The molecule has 5 heteroatoms. The molecule has 0 bridgehead atoms. The topological polar surface area (TPSA) is 49.3 Å². The molecule has 1 saturated carbocycles. The van der Waals surface area contributed by atoms with Crippen molar-refractivity contribution in [3.63, 3.8) is 0 Å². The molecular weight excluding hydrogens is 318 g/mol. The molecule has 1 aromatic carbocycles. The first kappa shape index (κ1) is 13.8. The number of rotatable bonds is 3. The summed E-state index contributed by atoms with van der Waals surface area (Å²) in [4.78, 5) is 12.0. The Balaban J connectivity index is 2.01. The maximum atomic E-state index is 12.0. The highest BCUT2D eigenvalue weighted by atomic mass is 79.9. The predicted octanol–water partition coefficient (Wildman–Crippen LogP) is 3.14. The minimum absolute atomic E-state index is 0.248. The third kappa shape index (κ3) is 3.25. The van der Waals surface area contributed by atoms with E-state index in [1.165, 1.54) is 0 Å². The van der Waals surface area contributed by atoms with E-state index in [0.29, 0.717) is 10.6 Å². The van der Waals surface area contributed by atoms with Gasteiger partial charge in [-0.25, -0.2) is 0 Å². The van der Waals surface area contributed by atoms with Crippen LogP contribution in [0.1, 0.15) is 36.0 Å². The Hall–Kier alpha value is -0.580. The number of nitrogens with one attached hydrogen (secondary N) is 1. The van der Waals surface area contributed by atoms with Gasteiger partial charge in [0.2, 0.25) is 0 Å². The van der Waals surface area contributed by atoms with Crippen LogP contribution in [0.3, 0.4) is 0 Å². The molecule has 1 aliphatic carbocycles. The van der Waals surface area contributed by atoms with Crippen molar-refractivity contribution >= 4 is 33.4 Å². The van der Waals surface area contributed by atoms with E-state index in [1.807, 2.05) is 0 Å². The molecule has 0 radical (unpaired) electrons. The first-order chi connectivity index (χ1) is 8.50. The highest BCUT2D eigenvalue weighted by molar-refractivity contribution is 9.10. The molecule has 98 valence electrons. The van der Waals surface area contributed by atoms with Gasteiger partial charge in [0, 0.05) is 11.0 Å². The largest absolute Gasteiger partial charge is 0.388 e. The van der Waals surface area contributed by atoms with Gasteiger partial charge in [-0.15, -0.1) is 0 Å². The highest BCUT2D eigenvalue weighted by Gasteiger charge is 2.31. The Labute approximate surface area is 120 Å². The lowest BCUT2D eigenvalue weighted by Gasteiger charge is -2.22. The van der Waals surface area contributed by atoms with E-state index in [2.05, 4.69) is 21.2 Å². The molecule has 1 fully saturated rings. The molecule has 1 amide bonds. The fourth-order valence-corrected chi connectivity index (χ4v) is 2.79. The Morgan fingerprint density at radius 3 is 2.78 bits per heavy atom. The van der Waals surface area contributed by atoms with E-state index >= 15 is 0 Å². The minimum atomic E-state index is -0.742. The molecule has 0 unspecified atom stereocenters. The normalized spacial score (nSPS) is 17.7. The van der Waals surface area contributed by atoms with Gasteiger partial charge >= 0.3 is 0 Å². The molecule has 0 atom stereocenters. The number of amides is 1. The number of halogens is 2. The van der Waals surface area contributed by atoms with Gasteiger partial charge in [-0.2, -0.15) is 0 Å². The van der Waals surface area contributed by atoms with Crippen LogP contribution in [0.4, 0.5) is 0 Å². The zero-order valence-corrected chi connectivity index (χ0v) is 12.2. The summed E-state index contributed by atoms with van der Waals surface area (Å²) in [7, 11) is 0. The van der Waals surface area contributed by atoms with E-state index in [-0.39, 0.29) is 12.5 Å². The Bertz CT molecular complexity index is 458. The zero-order valence-electron chi connectivity index (χ0n) is 9.88. The van der Waals surface area contributed by atoms with Gasteiger partial charge in [0.1, 0.15) is 0 Å². The molecule has 0 saturated heterocycles. The summed E-state index contributed by atoms with van der Waals surface area (Å²) in [5, 5.41) is 13.3. The molecule has 2 N–H and O–H groups in total. The number of carbonyl (C=O) groups is 1. The van der Waals surface area contributed by atoms with Crippen LogP contribution in [0.15, 0.2) is 22.7 Å². The smallest absolute Gasteiger partial charge is 0.252 e. The summed E-state index contributed by atoms with van der Waals surface area (Å²) in [5.41, 5.74) is -0.318. The lowest BCUT2D eigenvalue weighted by atomic mass is 10.0. The summed E-state index contributed by atoms with van der Waals surface area (Å²) in [6.07, 6.45) is 3.53. The summed E-state index contributed by atoms with van der Waals surface area (Å²) in [5.74, 6) is -0.248. The van der Waals surface area contributed by atoms with Gasteiger partial charge in [-0.3, -0.25) is 4.79 Å². The predicted molar refractivity (Wildman–Crippen MR) is 74.9 cm³/mol. The van der Waals surface area contributed by atoms with E-state index < -0.39 is 5.60 Å². The fraction of sp³-hybridized carbons (Fsp3) is 0.462. The minimum Gasteiger partial charge on any atom is -0.388 e. The number of aliphatic hydroxyl groups is 1. The third-order valence-electron chi connectivity index (χ3n) is 3.29. The fourth-order valence-electron chi connectivity index (χ4n) is 2.22. The van der Waals surface area contributed by atoms with Crippen LogP contribution >= 0.6 is 27.5 Å². The third-order valence-corrected chi connectivity index (χ3v) is 4.11. The molecule has 3 nitrogen and oxygen atoms in total. The van der Waals surface area contributed by atoms with Crippen molar-refractivity contribution in [2.24, 2.45) is 0 Å². The van der Waals surface area contributed by atoms with Gasteiger partial charge < -0.3 is 10.4 Å². The van der Waals surface area contributed by atoms with E-state index in [1.54, 1.807) is 18.2 Å². The van der Waals surface area contributed by atoms with Crippen LogP contribution in [-0.2, 0) is 0 Å². The number of benzene rings is 1. The Kier molecular flexibility index (Phi) is 4.30. The molecule has 18 heavy (non-hydrogen) atoms. The second kappa shape index (κ2) is 5.59. The average Bonchev–Trinajstić information content (AvgIpc) is 2.77. The highest BCUT2D eigenvalue weighted by Crippen LogP contribution is 2.29. The zero-order chi connectivity index (χ0) is 13.2. The van der Waals surface area contributed by atoms with Crippen molar-refractivity contribution in [3.8, 4) is 0 Å². The SMILES string of the molecule is O=C(NCC1(O)CCCC1)c1cc(Br)ccc1Cl. The van der Waals surface area contributed by atoms with Crippen molar-refractivity contribution < 1.29 is 9.90 Å². The Morgan fingerprint density at radius 2 is 2.11 bits per heavy atom. The van der Waals surface area contributed by atoms with Crippen molar-refractivity contribution in [2.75, 3.05) is 6.54 Å². The molecule has 2 rings (SSSR count). The monoisotopic (exact) mass is 331 g/mol. The maximum Gasteiger partial charge on any atom is 0.252 e. The number of carbonyl (C=O) groups excluding carboxylic acids is 1. The van der Waals surface area contributed by atoms with Crippen molar-refractivity contribution in [1.82, 2.24) is 5.32 Å². The molecule has 0 heterocycles. The average molecular weight is 333 g/mol. The van der Waals surface area contributed by atoms with Crippen LogP contribution in [0.5, 0.6) is 0 Å². The van der Waals surface area contributed by atoms with Gasteiger partial charge in [-0.05, 0) is 31.0 Å². The van der Waals surface area contributed by atoms with Crippen LogP contribution in [0.25, 0.3) is 0 Å². The van der Waals surface area contributed by atoms with Crippen LogP contribution in [-0.4, -0.2) is 23.2 Å². The molecule has 1 aromatic rings. The number of hydrogen-bond acceptors (Lipinski definition) is 2.